The number of rotatable bonds is 7. The van der Waals surface area contributed by atoms with E-state index in [1.165, 1.54) is 43.5 Å². The van der Waals surface area contributed by atoms with Gasteiger partial charge in [0.05, 0.1) is 0 Å². The zero-order valence-electron chi connectivity index (χ0n) is 13.0. The second-order valence-corrected chi connectivity index (χ2v) is 6.17. The molecule has 0 radical (unpaired) electrons. The Labute approximate surface area is 134 Å². The molecule has 1 aromatic carbocycles. The molecule has 1 aliphatic rings. The van der Waals surface area contributed by atoms with Crippen LogP contribution in [0.3, 0.4) is 0 Å². The van der Waals surface area contributed by atoms with Crippen LogP contribution in [0.1, 0.15) is 43.7 Å². The lowest BCUT2D eigenvalue weighted by Gasteiger charge is -2.15. The number of hydrogen-bond donors (Lipinski definition) is 2. The molecule has 21 heavy (non-hydrogen) atoms. The molecule has 1 saturated heterocycles. The number of nitrogens with zero attached hydrogens (tertiary/aromatic N) is 1. The lowest BCUT2D eigenvalue weighted by Crippen LogP contribution is -2.35. The molecule has 0 atom stereocenters. The summed E-state index contributed by atoms with van der Waals surface area (Å²) in [5.74, 6) is 0. The van der Waals surface area contributed by atoms with Crippen molar-refractivity contribution in [2.45, 2.75) is 45.7 Å². The fourth-order valence-corrected chi connectivity index (χ4v) is 2.76. The maximum Gasteiger partial charge on any atom is 0.166 e. The van der Waals surface area contributed by atoms with Gasteiger partial charge in [0.15, 0.2) is 5.11 Å². The minimum atomic E-state index is 0.754. The van der Waals surface area contributed by atoms with E-state index in [0.717, 1.165) is 31.2 Å². The van der Waals surface area contributed by atoms with Crippen LogP contribution in [0.2, 0.25) is 0 Å². The molecular formula is C17H27N3S. The van der Waals surface area contributed by atoms with Crippen LogP contribution >= 0.6 is 12.2 Å². The summed E-state index contributed by atoms with van der Waals surface area (Å²) in [7, 11) is 0. The van der Waals surface area contributed by atoms with Gasteiger partial charge in [-0.1, -0.05) is 37.6 Å². The first-order valence-electron chi connectivity index (χ1n) is 8.10. The Bertz CT molecular complexity index is 424. The second kappa shape index (κ2) is 9.00. The molecule has 3 nitrogen and oxygen atoms in total. The number of nitrogens with one attached hydrogen (secondary N) is 2. The molecule has 116 valence electrons. The number of thiocarbonyl (C=S) groups is 1. The van der Waals surface area contributed by atoms with Gasteiger partial charge in [-0.3, -0.25) is 4.90 Å². The Morgan fingerprint density at radius 2 is 1.76 bits per heavy atom. The first-order valence-corrected chi connectivity index (χ1v) is 8.50. The van der Waals surface area contributed by atoms with Crippen molar-refractivity contribution in [1.29, 1.82) is 0 Å². The van der Waals surface area contributed by atoms with Crippen molar-refractivity contribution in [2.75, 3.05) is 19.6 Å². The van der Waals surface area contributed by atoms with Crippen LogP contribution in [-0.4, -0.2) is 29.6 Å². The molecule has 0 spiro atoms. The van der Waals surface area contributed by atoms with E-state index in [1.807, 2.05) is 0 Å². The third kappa shape index (κ3) is 6.02. The zero-order chi connectivity index (χ0) is 14.9. The van der Waals surface area contributed by atoms with Gasteiger partial charge in [-0.15, -0.1) is 0 Å². The minimum absolute atomic E-state index is 0.754. The van der Waals surface area contributed by atoms with E-state index >= 15 is 0 Å². The van der Waals surface area contributed by atoms with Crippen molar-refractivity contribution in [3.05, 3.63) is 35.4 Å². The van der Waals surface area contributed by atoms with Gasteiger partial charge in [0.1, 0.15) is 0 Å². The largest absolute Gasteiger partial charge is 0.363 e. The van der Waals surface area contributed by atoms with Crippen LogP contribution in [0.4, 0.5) is 0 Å². The lowest BCUT2D eigenvalue weighted by atomic mass is 10.1. The zero-order valence-corrected chi connectivity index (χ0v) is 13.8. The molecule has 1 heterocycles. The monoisotopic (exact) mass is 305 g/mol. The van der Waals surface area contributed by atoms with E-state index in [2.05, 4.69) is 46.7 Å². The smallest absolute Gasteiger partial charge is 0.166 e. The summed E-state index contributed by atoms with van der Waals surface area (Å²) in [4.78, 5) is 2.53. The molecule has 0 bridgehead atoms. The summed E-state index contributed by atoms with van der Waals surface area (Å²) in [5, 5.41) is 7.24. The van der Waals surface area contributed by atoms with Gasteiger partial charge in [0, 0.05) is 19.6 Å². The summed E-state index contributed by atoms with van der Waals surface area (Å²) >= 11 is 5.26. The van der Waals surface area contributed by atoms with Gasteiger partial charge in [0.2, 0.25) is 0 Å². The van der Waals surface area contributed by atoms with Gasteiger partial charge in [-0.05, 0) is 55.7 Å². The van der Waals surface area contributed by atoms with Crippen molar-refractivity contribution in [1.82, 2.24) is 15.5 Å². The average molecular weight is 305 g/mol. The van der Waals surface area contributed by atoms with Crippen LogP contribution < -0.4 is 10.6 Å². The molecule has 0 aromatic heterocycles. The standard InChI is InChI=1S/C17H27N3S/c1-2-3-10-18-17(21)19-13-15-6-8-16(9-7-15)14-20-11-4-5-12-20/h6-9H,2-5,10-14H2,1H3,(H2,18,19,21). The highest BCUT2D eigenvalue weighted by Crippen LogP contribution is 2.13. The summed E-state index contributed by atoms with van der Waals surface area (Å²) in [6.07, 6.45) is 5.05. The maximum absolute atomic E-state index is 5.26. The molecule has 0 unspecified atom stereocenters. The van der Waals surface area contributed by atoms with Crippen molar-refractivity contribution in [3.63, 3.8) is 0 Å². The predicted octanol–water partition coefficient (Wildman–Crippen LogP) is 3.05. The molecule has 2 rings (SSSR count). The molecule has 2 N–H and O–H groups in total. The third-order valence-corrected chi connectivity index (χ3v) is 4.19. The van der Waals surface area contributed by atoms with E-state index in [-0.39, 0.29) is 0 Å². The highest BCUT2D eigenvalue weighted by atomic mass is 32.1. The fraction of sp³-hybridized carbons (Fsp3) is 0.588. The quantitative estimate of drug-likeness (QED) is 0.598. The van der Waals surface area contributed by atoms with Crippen LogP contribution in [0.5, 0.6) is 0 Å². The van der Waals surface area contributed by atoms with Crippen molar-refractivity contribution < 1.29 is 0 Å². The SMILES string of the molecule is CCCCNC(=S)NCc1ccc(CN2CCCC2)cc1. The minimum Gasteiger partial charge on any atom is -0.363 e. The molecule has 0 aliphatic carbocycles. The topological polar surface area (TPSA) is 27.3 Å². The first kappa shape index (κ1) is 16.2. The molecule has 1 fully saturated rings. The Morgan fingerprint density at radius 3 is 2.43 bits per heavy atom. The third-order valence-electron chi connectivity index (χ3n) is 3.90. The van der Waals surface area contributed by atoms with Gasteiger partial charge in [-0.25, -0.2) is 0 Å². The van der Waals surface area contributed by atoms with Crippen LogP contribution in [-0.2, 0) is 13.1 Å². The van der Waals surface area contributed by atoms with Crippen LogP contribution in [0.25, 0.3) is 0 Å². The van der Waals surface area contributed by atoms with Crippen molar-refractivity contribution in [2.24, 2.45) is 0 Å². The number of hydrogen-bond acceptors (Lipinski definition) is 2. The Morgan fingerprint density at radius 1 is 1.10 bits per heavy atom. The Balaban J connectivity index is 1.70. The summed E-state index contributed by atoms with van der Waals surface area (Å²) < 4.78 is 0. The molecule has 4 heteroatoms. The van der Waals surface area contributed by atoms with Gasteiger partial charge in [-0.2, -0.15) is 0 Å². The highest BCUT2D eigenvalue weighted by Gasteiger charge is 2.11. The molecule has 0 amide bonds. The van der Waals surface area contributed by atoms with Gasteiger partial charge in [0.25, 0.3) is 0 Å². The van der Waals surface area contributed by atoms with E-state index in [0.29, 0.717) is 0 Å². The molecule has 1 aliphatic heterocycles. The molecule has 1 aromatic rings. The fourth-order valence-electron chi connectivity index (χ4n) is 2.58. The van der Waals surface area contributed by atoms with E-state index in [4.69, 9.17) is 12.2 Å². The summed E-state index contributed by atoms with van der Waals surface area (Å²) in [6, 6.07) is 8.88. The summed E-state index contributed by atoms with van der Waals surface area (Å²) in [5.41, 5.74) is 2.68. The van der Waals surface area contributed by atoms with Gasteiger partial charge >= 0.3 is 0 Å². The second-order valence-electron chi connectivity index (χ2n) is 5.76. The normalized spacial score (nSPS) is 15.1. The van der Waals surface area contributed by atoms with Crippen LogP contribution in [0.15, 0.2) is 24.3 Å². The van der Waals surface area contributed by atoms with E-state index in [9.17, 15) is 0 Å². The Hall–Kier alpha value is -1.13. The molecule has 0 saturated carbocycles. The van der Waals surface area contributed by atoms with E-state index in [1.54, 1.807) is 0 Å². The number of benzene rings is 1. The van der Waals surface area contributed by atoms with Crippen molar-refractivity contribution in [3.8, 4) is 0 Å². The van der Waals surface area contributed by atoms with Gasteiger partial charge < -0.3 is 10.6 Å². The highest BCUT2D eigenvalue weighted by molar-refractivity contribution is 7.80. The Kier molecular flexibility index (Phi) is 6.96. The van der Waals surface area contributed by atoms with Crippen LogP contribution in [0, 0.1) is 0 Å². The predicted molar refractivity (Wildman–Crippen MR) is 93.3 cm³/mol. The summed E-state index contributed by atoms with van der Waals surface area (Å²) in [6.45, 7) is 7.52. The lowest BCUT2D eigenvalue weighted by molar-refractivity contribution is 0.331. The molecular weight excluding hydrogens is 278 g/mol. The first-order chi connectivity index (χ1) is 10.3. The number of unbranched alkanes of at least 4 members (excludes halogenated alkanes) is 1. The number of likely N-dealkylation sites (tertiary alicyclic amines) is 1. The average Bonchev–Trinajstić information content (AvgIpc) is 3.00. The maximum atomic E-state index is 5.26. The van der Waals surface area contributed by atoms with Crippen molar-refractivity contribution >= 4 is 17.3 Å². The van der Waals surface area contributed by atoms with E-state index < -0.39 is 0 Å².